The van der Waals surface area contributed by atoms with Crippen molar-refractivity contribution in [1.29, 1.82) is 0 Å². The van der Waals surface area contributed by atoms with E-state index in [0.29, 0.717) is 6.42 Å². The molecule has 0 amide bonds. The largest absolute Gasteiger partial charge is 0.477 e. The van der Waals surface area contributed by atoms with Crippen LogP contribution in [0.15, 0.2) is 0 Å². The first kappa shape index (κ1) is 13.3. The third-order valence-corrected chi connectivity index (χ3v) is 2.15. The van der Waals surface area contributed by atoms with Crippen molar-refractivity contribution in [2.75, 3.05) is 0 Å². The molecule has 0 aliphatic heterocycles. The first-order valence-corrected chi connectivity index (χ1v) is 4.45. The number of carboxylic acid groups (broad SMARTS) is 1. The maximum absolute atomic E-state index is 12.9. The van der Waals surface area contributed by atoms with Crippen LogP contribution in [0.1, 0.15) is 33.6 Å². The van der Waals surface area contributed by atoms with Gasteiger partial charge in [0.15, 0.2) is 0 Å². The summed E-state index contributed by atoms with van der Waals surface area (Å²) in [6.45, 7) is 4.48. The van der Waals surface area contributed by atoms with E-state index in [2.05, 4.69) is 0 Å². The van der Waals surface area contributed by atoms with Crippen LogP contribution >= 0.6 is 0 Å². The first-order chi connectivity index (χ1) is 6.11. The fraction of sp³-hybridized carbons (Fsp3) is 0.889. The fourth-order valence-corrected chi connectivity index (χ4v) is 0.957. The number of alkyl halides is 2. The van der Waals surface area contributed by atoms with Crippen LogP contribution in [0, 0.1) is 5.92 Å². The molecule has 0 saturated heterocycles. The van der Waals surface area contributed by atoms with Crippen LogP contribution in [0.2, 0.25) is 0 Å². The summed E-state index contributed by atoms with van der Waals surface area (Å²) in [5, 5.41) is 17.6. The summed E-state index contributed by atoms with van der Waals surface area (Å²) in [4.78, 5) is 10.2. The number of halogens is 2. The van der Waals surface area contributed by atoms with E-state index in [1.165, 1.54) is 0 Å². The van der Waals surface area contributed by atoms with E-state index < -0.39 is 17.5 Å². The third kappa shape index (κ3) is 2.90. The zero-order valence-electron chi connectivity index (χ0n) is 8.55. The lowest BCUT2D eigenvalue weighted by molar-refractivity contribution is -0.206. The van der Waals surface area contributed by atoms with Gasteiger partial charge in [-0.05, 0) is 25.7 Å². The molecule has 3 nitrogen and oxygen atoms in total. The van der Waals surface area contributed by atoms with Gasteiger partial charge in [-0.1, -0.05) is 13.8 Å². The van der Waals surface area contributed by atoms with E-state index in [4.69, 9.17) is 5.11 Å². The molecule has 0 spiro atoms. The van der Waals surface area contributed by atoms with Gasteiger partial charge in [0.2, 0.25) is 0 Å². The van der Waals surface area contributed by atoms with Gasteiger partial charge in [-0.25, -0.2) is 4.79 Å². The van der Waals surface area contributed by atoms with E-state index >= 15 is 0 Å². The maximum Gasteiger partial charge on any atom is 0.377 e. The molecule has 14 heavy (non-hydrogen) atoms. The van der Waals surface area contributed by atoms with Crippen molar-refractivity contribution in [2.24, 2.45) is 5.92 Å². The van der Waals surface area contributed by atoms with Gasteiger partial charge >= 0.3 is 11.9 Å². The molecule has 0 fully saturated rings. The van der Waals surface area contributed by atoms with Gasteiger partial charge in [0.25, 0.3) is 0 Å². The summed E-state index contributed by atoms with van der Waals surface area (Å²) in [6.07, 6.45) is 0.125. The van der Waals surface area contributed by atoms with E-state index in [1.807, 2.05) is 13.8 Å². The minimum Gasteiger partial charge on any atom is -0.477 e. The Bertz CT molecular complexity index is 212. The molecule has 0 aliphatic rings. The van der Waals surface area contributed by atoms with Gasteiger partial charge in [-0.3, -0.25) is 0 Å². The average Bonchev–Trinajstić information content (AvgIpc) is 2.00. The highest BCUT2D eigenvalue weighted by atomic mass is 19.3. The SMILES string of the molecule is CC(C)CCC(C)(O)C(F)(F)C(=O)O. The van der Waals surface area contributed by atoms with Crippen LogP contribution in [0.3, 0.4) is 0 Å². The van der Waals surface area contributed by atoms with Gasteiger partial charge in [0.05, 0.1) is 0 Å². The molecule has 2 N–H and O–H groups in total. The lowest BCUT2D eigenvalue weighted by Crippen LogP contribution is -2.51. The number of aliphatic carboxylic acids is 1. The van der Waals surface area contributed by atoms with Gasteiger partial charge in [0.1, 0.15) is 5.60 Å². The number of hydrogen-bond acceptors (Lipinski definition) is 2. The monoisotopic (exact) mass is 210 g/mol. The quantitative estimate of drug-likeness (QED) is 0.728. The van der Waals surface area contributed by atoms with Crippen molar-refractivity contribution in [3.05, 3.63) is 0 Å². The minimum absolute atomic E-state index is 0.145. The standard InChI is InChI=1S/C9H16F2O3/c1-6(2)4-5-8(3,14)9(10,11)7(12)13/h6,14H,4-5H2,1-3H3,(H,12,13). The van der Waals surface area contributed by atoms with Crippen LogP contribution in [0.4, 0.5) is 8.78 Å². The van der Waals surface area contributed by atoms with Crippen molar-refractivity contribution >= 4 is 5.97 Å². The maximum atomic E-state index is 12.9. The summed E-state index contributed by atoms with van der Waals surface area (Å²) < 4.78 is 25.9. The summed E-state index contributed by atoms with van der Waals surface area (Å²) in [6, 6.07) is 0. The smallest absolute Gasteiger partial charge is 0.377 e. The van der Waals surface area contributed by atoms with Gasteiger partial charge < -0.3 is 10.2 Å². The zero-order chi connectivity index (χ0) is 11.6. The molecule has 84 valence electrons. The molecule has 0 rings (SSSR count). The Morgan fingerprint density at radius 2 is 1.86 bits per heavy atom. The number of rotatable bonds is 5. The molecule has 1 atom stereocenters. The van der Waals surface area contributed by atoms with Crippen molar-refractivity contribution in [2.45, 2.75) is 45.1 Å². The number of hydrogen-bond donors (Lipinski definition) is 2. The first-order valence-electron chi connectivity index (χ1n) is 4.45. The lowest BCUT2D eigenvalue weighted by atomic mass is 9.89. The van der Waals surface area contributed by atoms with Crippen LogP contribution in [-0.4, -0.2) is 27.7 Å². The number of carboxylic acids is 1. The Balaban J connectivity index is 4.52. The van der Waals surface area contributed by atoms with E-state index in [0.717, 1.165) is 6.92 Å². The van der Waals surface area contributed by atoms with Crippen LogP contribution in [-0.2, 0) is 4.79 Å². The van der Waals surface area contributed by atoms with Crippen molar-refractivity contribution in [3.63, 3.8) is 0 Å². The molecule has 0 heterocycles. The van der Waals surface area contributed by atoms with Crippen LogP contribution < -0.4 is 0 Å². The molecular weight excluding hydrogens is 194 g/mol. The minimum atomic E-state index is -4.10. The second-order valence-electron chi connectivity index (χ2n) is 4.09. The Morgan fingerprint density at radius 1 is 1.43 bits per heavy atom. The Kier molecular flexibility index (Phi) is 4.00. The Hall–Kier alpha value is -0.710. The van der Waals surface area contributed by atoms with Crippen LogP contribution in [0.25, 0.3) is 0 Å². The Labute approximate surface area is 81.7 Å². The van der Waals surface area contributed by atoms with E-state index in [1.54, 1.807) is 0 Å². The summed E-state index contributed by atoms with van der Waals surface area (Å²) in [5.41, 5.74) is -2.48. The highest BCUT2D eigenvalue weighted by Gasteiger charge is 2.55. The van der Waals surface area contributed by atoms with Crippen molar-refractivity contribution in [1.82, 2.24) is 0 Å². The molecule has 0 radical (unpaired) electrons. The molecule has 0 aromatic heterocycles. The predicted molar refractivity (Wildman–Crippen MR) is 47.3 cm³/mol. The molecule has 5 heteroatoms. The normalized spacial score (nSPS) is 16.8. The highest BCUT2D eigenvalue weighted by Crippen LogP contribution is 2.33. The highest BCUT2D eigenvalue weighted by molar-refractivity contribution is 5.76. The number of carbonyl (C=O) groups is 1. The predicted octanol–water partition coefficient (Wildman–Crippen LogP) is 1.89. The van der Waals surface area contributed by atoms with Crippen molar-refractivity contribution < 1.29 is 23.8 Å². The topological polar surface area (TPSA) is 57.5 Å². The zero-order valence-corrected chi connectivity index (χ0v) is 8.55. The molecule has 0 saturated carbocycles. The molecule has 0 bridgehead atoms. The Morgan fingerprint density at radius 3 is 2.14 bits per heavy atom. The van der Waals surface area contributed by atoms with Crippen LogP contribution in [0.5, 0.6) is 0 Å². The van der Waals surface area contributed by atoms with E-state index in [9.17, 15) is 18.7 Å². The molecule has 1 unspecified atom stereocenters. The molecular formula is C9H16F2O3. The molecule has 0 aliphatic carbocycles. The number of aliphatic hydroxyl groups is 1. The van der Waals surface area contributed by atoms with Crippen molar-refractivity contribution in [3.8, 4) is 0 Å². The van der Waals surface area contributed by atoms with Gasteiger partial charge in [-0.2, -0.15) is 8.78 Å². The molecule has 0 aromatic carbocycles. The summed E-state index contributed by atoms with van der Waals surface area (Å²) in [7, 11) is 0. The van der Waals surface area contributed by atoms with E-state index in [-0.39, 0.29) is 12.3 Å². The summed E-state index contributed by atoms with van der Waals surface area (Å²) >= 11 is 0. The second kappa shape index (κ2) is 4.21. The lowest BCUT2D eigenvalue weighted by Gasteiger charge is -2.29. The molecule has 0 aromatic rings. The fourth-order valence-electron chi connectivity index (χ4n) is 0.957. The summed E-state index contributed by atoms with van der Waals surface area (Å²) in [5.74, 6) is -6.24. The van der Waals surface area contributed by atoms with Gasteiger partial charge in [-0.15, -0.1) is 0 Å². The third-order valence-electron chi connectivity index (χ3n) is 2.15. The average molecular weight is 210 g/mol. The second-order valence-corrected chi connectivity index (χ2v) is 4.09. The van der Waals surface area contributed by atoms with Gasteiger partial charge in [0, 0.05) is 0 Å².